The molecule has 0 bridgehead atoms. The van der Waals surface area contributed by atoms with Gasteiger partial charge in [0, 0.05) is 5.69 Å². The van der Waals surface area contributed by atoms with E-state index in [1.54, 1.807) is 0 Å². The second-order valence-corrected chi connectivity index (χ2v) is 7.14. The van der Waals surface area contributed by atoms with Gasteiger partial charge in [0.05, 0.1) is 35.1 Å². The standard InChI is InChI=1S/C15H25IN2O3/c1-12-14(16)8-17-18(12)11-15(21-10-13(20)9-19)6-4-2-3-5-7-15/h8,13,19-20H,2-7,9-11H2,1H3. The highest BCUT2D eigenvalue weighted by atomic mass is 127. The van der Waals surface area contributed by atoms with Gasteiger partial charge < -0.3 is 14.9 Å². The van der Waals surface area contributed by atoms with Gasteiger partial charge in [-0.15, -0.1) is 0 Å². The molecule has 1 fully saturated rings. The molecular weight excluding hydrogens is 383 g/mol. The van der Waals surface area contributed by atoms with Crippen molar-refractivity contribution in [3.63, 3.8) is 0 Å². The number of aliphatic hydroxyl groups excluding tert-OH is 2. The first-order chi connectivity index (χ1) is 10.1. The number of nitrogens with zero attached hydrogens (tertiary/aromatic N) is 2. The Morgan fingerprint density at radius 3 is 2.57 bits per heavy atom. The van der Waals surface area contributed by atoms with Crippen LogP contribution in [0.1, 0.15) is 44.2 Å². The summed E-state index contributed by atoms with van der Waals surface area (Å²) >= 11 is 2.29. The van der Waals surface area contributed by atoms with Crippen LogP contribution in [0.4, 0.5) is 0 Å². The van der Waals surface area contributed by atoms with Gasteiger partial charge in [-0.05, 0) is 42.4 Å². The Kier molecular flexibility index (Phi) is 6.46. The Bertz CT molecular complexity index is 442. The van der Waals surface area contributed by atoms with Crippen molar-refractivity contribution in [3.05, 3.63) is 15.5 Å². The quantitative estimate of drug-likeness (QED) is 0.560. The molecule has 1 unspecified atom stereocenters. The molecule has 1 aliphatic rings. The van der Waals surface area contributed by atoms with Crippen molar-refractivity contribution in [1.82, 2.24) is 9.78 Å². The molecule has 0 aliphatic heterocycles. The first-order valence-electron chi connectivity index (χ1n) is 7.67. The molecule has 6 heteroatoms. The van der Waals surface area contributed by atoms with Crippen LogP contribution >= 0.6 is 22.6 Å². The lowest BCUT2D eigenvalue weighted by molar-refractivity contribution is -0.106. The molecule has 2 rings (SSSR count). The fourth-order valence-electron chi connectivity index (χ4n) is 2.90. The van der Waals surface area contributed by atoms with Crippen LogP contribution in [0.2, 0.25) is 0 Å². The average Bonchev–Trinajstić information content (AvgIpc) is 2.71. The highest BCUT2D eigenvalue weighted by Gasteiger charge is 2.34. The number of aliphatic hydroxyl groups is 2. The number of aromatic nitrogens is 2. The van der Waals surface area contributed by atoms with E-state index in [0.29, 0.717) is 0 Å². The minimum Gasteiger partial charge on any atom is -0.394 e. The van der Waals surface area contributed by atoms with Gasteiger partial charge in [-0.1, -0.05) is 25.7 Å². The number of halogens is 1. The lowest BCUT2D eigenvalue weighted by Gasteiger charge is -2.34. The first kappa shape index (κ1) is 17.2. The van der Waals surface area contributed by atoms with Gasteiger partial charge >= 0.3 is 0 Å². The maximum Gasteiger partial charge on any atom is 0.100 e. The van der Waals surface area contributed by atoms with Crippen LogP contribution in [0.25, 0.3) is 0 Å². The smallest absolute Gasteiger partial charge is 0.100 e. The van der Waals surface area contributed by atoms with Crippen molar-refractivity contribution >= 4 is 22.6 Å². The van der Waals surface area contributed by atoms with E-state index in [4.69, 9.17) is 9.84 Å². The van der Waals surface area contributed by atoms with E-state index in [1.807, 2.05) is 10.9 Å². The fourth-order valence-corrected chi connectivity index (χ4v) is 3.31. The van der Waals surface area contributed by atoms with Crippen LogP contribution in [-0.4, -0.2) is 44.9 Å². The summed E-state index contributed by atoms with van der Waals surface area (Å²) in [5.41, 5.74) is 0.887. The second kappa shape index (κ2) is 7.89. The van der Waals surface area contributed by atoms with E-state index in [2.05, 4.69) is 34.6 Å². The summed E-state index contributed by atoms with van der Waals surface area (Å²) in [6.45, 7) is 2.73. The number of hydrogen-bond acceptors (Lipinski definition) is 4. The molecule has 0 radical (unpaired) electrons. The zero-order valence-corrected chi connectivity index (χ0v) is 14.8. The summed E-state index contributed by atoms with van der Waals surface area (Å²) in [7, 11) is 0. The maximum atomic E-state index is 9.60. The lowest BCUT2D eigenvalue weighted by atomic mass is 9.94. The minimum atomic E-state index is -0.802. The zero-order chi connectivity index (χ0) is 15.3. The van der Waals surface area contributed by atoms with E-state index in [-0.39, 0.29) is 18.8 Å². The molecular formula is C15H25IN2O3. The van der Waals surface area contributed by atoms with E-state index in [9.17, 15) is 5.11 Å². The third-order valence-electron chi connectivity index (χ3n) is 4.29. The third kappa shape index (κ3) is 4.64. The van der Waals surface area contributed by atoms with Gasteiger partial charge in [0.15, 0.2) is 0 Å². The topological polar surface area (TPSA) is 67.5 Å². The van der Waals surface area contributed by atoms with Gasteiger partial charge in [0.1, 0.15) is 6.10 Å². The molecule has 5 nitrogen and oxygen atoms in total. The highest BCUT2D eigenvalue weighted by molar-refractivity contribution is 14.1. The Balaban J connectivity index is 2.12. The molecule has 21 heavy (non-hydrogen) atoms. The molecule has 1 saturated carbocycles. The van der Waals surface area contributed by atoms with Crippen LogP contribution < -0.4 is 0 Å². The van der Waals surface area contributed by atoms with Crippen molar-refractivity contribution in [1.29, 1.82) is 0 Å². The normalized spacial score (nSPS) is 20.2. The van der Waals surface area contributed by atoms with E-state index in [1.165, 1.54) is 12.8 Å². The lowest BCUT2D eigenvalue weighted by Crippen LogP contribution is -2.40. The first-order valence-corrected chi connectivity index (χ1v) is 8.75. The molecule has 120 valence electrons. The summed E-state index contributed by atoms with van der Waals surface area (Å²) in [6, 6.07) is 0. The predicted molar refractivity (Wildman–Crippen MR) is 89.2 cm³/mol. The van der Waals surface area contributed by atoms with Crippen molar-refractivity contribution < 1.29 is 14.9 Å². The maximum absolute atomic E-state index is 9.60. The van der Waals surface area contributed by atoms with Crippen LogP contribution in [0.5, 0.6) is 0 Å². The summed E-state index contributed by atoms with van der Waals surface area (Å²) in [4.78, 5) is 0. The van der Waals surface area contributed by atoms with Crippen molar-refractivity contribution in [2.45, 2.75) is 63.7 Å². The SMILES string of the molecule is Cc1c(I)cnn1CC1(OCC(O)CO)CCCCCC1. The molecule has 0 amide bonds. The Morgan fingerprint density at radius 1 is 1.38 bits per heavy atom. The highest BCUT2D eigenvalue weighted by Crippen LogP contribution is 2.32. The van der Waals surface area contributed by atoms with E-state index in [0.717, 1.165) is 41.5 Å². The predicted octanol–water partition coefficient (Wildman–Crippen LogP) is 2.26. The van der Waals surface area contributed by atoms with Crippen LogP contribution in [-0.2, 0) is 11.3 Å². The second-order valence-electron chi connectivity index (χ2n) is 5.98. The van der Waals surface area contributed by atoms with Crippen LogP contribution in [0.3, 0.4) is 0 Å². The van der Waals surface area contributed by atoms with Gasteiger partial charge in [0.2, 0.25) is 0 Å². The molecule has 1 aromatic heterocycles. The van der Waals surface area contributed by atoms with Crippen LogP contribution in [0.15, 0.2) is 6.20 Å². The van der Waals surface area contributed by atoms with Crippen molar-refractivity contribution in [2.24, 2.45) is 0 Å². The molecule has 1 aromatic rings. The zero-order valence-electron chi connectivity index (χ0n) is 12.6. The van der Waals surface area contributed by atoms with Gasteiger partial charge in [-0.2, -0.15) is 5.10 Å². The van der Waals surface area contributed by atoms with Gasteiger partial charge in [0.25, 0.3) is 0 Å². The monoisotopic (exact) mass is 408 g/mol. The molecule has 1 heterocycles. The molecule has 1 atom stereocenters. The van der Waals surface area contributed by atoms with Gasteiger partial charge in [-0.25, -0.2) is 0 Å². The summed E-state index contributed by atoms with van der Waals surface area (Å²) < 4.78 is 9.27. The van der Waals surface area contributed by atoms with Crippen LogP contribution in [0, 0.1) is 10.5 Å². The van der Waals surface area contributed by atoms with E-state index < -0.39 is 6.10 Å². The van der Waals surface area contributed by atoms with Crippen molar-refractivity contribution in [3.8, 4) is 0 Å². The largest absolute Gasteiger partial charge is 0.394 e. The van der Waals surface area contributed by atoms with Crippen molar-refractivity contribution in [2.75, 3.05) is 13.2 Å². The summed E-state index contributed by atoms with van der Waals surface area (Å²) in [5, 5.41) is 23.0. The number of ether oxygens (including phenoxy) is 1. The van der Waals surface area contributed by atoms with E-state index >= 15 is 0 Å². The molecule has 0 spiro atoms. The summed E-state index contributed by atoms with van der Waals surface area (Å²) in [5.74, 6) is 0. The Morgan fingerprint density at radius 2 is 2.05 bits per heavy atom. The number of hydrogen-bond donors (Lipinski definition) is 2. The molecule has 0 saturated heterocycles. The third-order valence-corrected chi connectivity index (χ3v) is 5.35. The minimum absolute atomic E-state index is 0.188. The molecule has 1 aliphatic carbocycles. The number of rotatable bonds is 6. The van der Waals surface area contributed by atoms with Gasteiger partial charge in [-0.3, -0.25) is 4.68 Å². The average molecular weight is 408 g/mol. The Hall–Kier alpha value is -0.180. The summed E-state index contributed by atoms with van der Waals surface area (Å²) in [6.07, 6.45) is 7.82. The fraction of sp³-hybridized carbons (Fsp3) is 0.800. The Labute approximate surface area is 139 Å². The molecule has 0 aromatic carbocycles. The molecule has 2 N–H and O–H groups in total.